The molecule has 1 aliphatic carbocycles. The summed E-state index contributed by atoms with van der Waals surface area (Å²) in [5.74, 6) is -2.41. The molecule has 9 heteroatoms. The van der Waals surface area contributed by atoms with Crippen molar-refractivity contribution in [2.75, 3.05) is 0 Å². The van der Waals surface area contributed by atoms with Crippen LogP contribution in [-0.4, -0.2) is 33.2 Å². The van der Waals surface area contributed by atoms with Gasteiger partial charge in [0.1, 0.15) is 0 Å². The van der Waals surface area contributed by atoms with Crippen molar-refractivity contribution in [2.24, 2.45) is 0 Å². The van der Waals surface area contributed by atoms with Crippen LogP contribution in [0.25, 0.3) is 11.0 Å². The molecule has 1 heterocycles. The Morgan fingerprint density at radius 2 is 1.92 bits per heavy atom. The first-order chi connectivity index (χ1) is 12.4. The largest absolute Gasteiger partial charge is 0.335 e. The van der Waals surface area contributed by atoms with Gasteiger partial charge in [-0.05, 0) is 19.8 Å². The smallest absolute Gasteiger partial charge is 0.321 e. The van der Waals surface area contributed by atoms with Crippen LogP contribution in [-0.2, 0) is 4.79 Å². The van der Waals surface area contributed by atoms with Crippen LogP contribution >= 0.6 is 11.8 Å². The molecule has 26 heavy (non-hydrogen) atoms. The highest BCUT2D eigenvalue weighted by atomic mass is 32.2. The number of nitrogens with one attached hydrogen (secondary N) is 3. The van der Waals surface area contributed by atoms with E-state index in [2.05, 4.69) is 20.6 Å². The minimum absolute atomic E-state index is 0.111. The Balaban J connectivity index is 1.55. The van der Waals surface area contributed by atoms with Gasteiger partial charge in [0.15, 0.2) is 16.8 Å². The number of hydrogen-bond donors (Lipinski definition) is 3. The normalized spacial score (nSPS) is 16.4. The number of rotatable bonds is 4. The van der Waals surface area contributed by atoms with E-state index >= 15 is 0 Å². The number of aromatic amines is 1. The van der Waals surface area contributed by atoms with Gasteiger partial charge < -0.3 is 10.3 Å². The molecule has 1 aliphatic rings. The first-order valence-corrected chi connectivity index (χ1v) is 9.43. The van der Waals surface area contributed by atoms with Gasteiger partial charge in [-0.15, -0.1) is 0 Å². The van der Waals surface area contributed by atoms with Gasteiger partial charge in [-0.2, -0.15) is 0 Å². The van der Waals surface area contributed by atoms with E-state index in [9.17, 15) is 18.4 Å². The average Bonchev–Trinajstić information content (AvgIpc) is 2.97. The maximum absolute atomic E-state index is 13.2. The first kappa shape index (κ1) is 18.6. The zero-order valence-electron chi connectivity index (χ0n) is 14.3. The van der Waals surface area contributed by atoms with Gasteiger partial charge >= 0.3 is 6.03 Å². The van der Waals surface area contributed by atoms with Crippen LogP contribution in [0.1, 0.15) is 39.0 Å². The maximum atomic E-state index is 13.2. The summed E-state index contributed by atoms with van der Waals surface area (Å²) in [5, 5.41) is 4.88. The molecule has 1 atom stereocenters. The number of nitrogens with zero attached hydrogens (tertiary/aromatic N) is 1. The zero-order valence-corrected chi connectivity index (χ0v) is 15.1. The van der Waals surface area contributed by atoms with Crippen LogP contribution in [0.2, 0.25) is 0 Å². The van der Waals surface area contributed by atoms with E-state index in [1.165, 1.54) is 6.42 Å². The van der Waals surface area contributed by atoms with Crippen molar-refractivity contribution >= 4 is 34.7 Å². The molecule has 6 nitrogen and oxygen atoms in total. The Morgan fingerprint density at radius 3 is 2.65 bits per heavy atom. The molecule has 1 fully saturated rings. The van der Waals surface area contributed by atoms with Crippen molar-refractivity contribution in [3.05, 3.63) is 23.8 Å². The van der Waals surface area contributed by atoms with Gasteiger partial charge in [-0.1, -0.05) is 31.0 Å². The van der Waals surface area contributed by atoms with Crippen LogP contribution in [0, 0.1) is 11.6 Å². The van der Waals surface area contributed by atoms with Crippen molar-refractivity contribution in [1.29, 1.82) is 0 Å². The van der Waals surface area contributed by atoms with Crippen molar-refractivity contribution in [1.82, 2.24) is 20.6 Å². The third-order valence-corrected chi connectivity index (χ3v) is 5.32. The second kappa shape index (κ2) is 8.03. The molecule has 0 bridgehead atoms. The second-order valence-corrected chi connectivity index (χ2v) is 7.71. The van der Waals surface area contributed by atoms with Gasteiger partial charge in [0.25, 0.3) is 0 Å². The lowest BCUT2D eigenvalue weighted by molar-refractivity contribution is -0.119. The van der Waals surface area contributed by atoms with Crippen LogP contribution in [0.4, 0.5) is 13.6 Å². The highest BCUT2D eigenvalue weighted by Gasteiger charge is 2.21. The lowest BCUT2D eigenvalue weighted by atomic mass is 9.96. The molecule has 140 valence electrons. The van der Waals surface area contributed by atoms with Crippen LogP contribution in [0.15, 0.2) is 17.3 Å². The maximum Gasteiger partial charge on any atom is 0.321 e. The third-order valence-electron chi connectivity index (χ3n) is 4.34. The van der Waals surface area contributed by atoms with Crippen LogP contribution < -0.4 is 10.6 Å². The van der Waals surface area contributed by atoms with E-state index in [1.54, 1.807) is 6.92 Å². The molecular weight excluding hydrogens is 362 g/mol. The fourth-order valence-corrected chi connectivity index (χ4v) is 3.76. The molecule has 3 amide bonds. The molecule has 1 unspecified atom stereocenters. The molecule has 1 aromatic carbocycles. The Labute approximate surface area is 153 Å². The molecule has 0 saturated heterocycles. The summed E-state index contributed by atoms with van der Waals surface area (Å²) in [6.07, 6.45) is 5.20. The monoisotopic (exact) mass is 382 g/mol. The fourth-order valence-electron chi connectivity index (χ4n) is 2.94. The Bertz CT molecular complexity index is 781. The van der Waals surface area contributed by atoms with Crippen molar-refractivity contribution < 1.29 is 18.4 Å². The molecule has 3 N–H and O–H groups in total. The number of carbonyl (C=O) groups excluding carboxylic acids is 2. The van der Waals surface area contributed by atoms with Crippen molar-refractivity contribution in [3.63, 3.8) is 0 Å². The van der Waals surface area contributed by atoms with E-state index < -0.39 is 28.8 Å². The number of imidazole rings is 1. The van der Waals surface area contributed by atoms with Gasteiger partial charge in [0, 0.05) is 18.2 Å². The van der Waals surface area contributed by atoms with Gasteiger partial charge in [-0.3, -0.25) is 10.1 Å². The van der Waals surface area contributed by atoms with Gasteiger partial charge in [0.05, 0.1) is 16.3 Å². The summed E-state index contributed by atoms with van der Waals surface area (Å²) in [4.78, 5) is 31.1. The molecule has 1 saturated carbocycles. The summed E-state index contributed by atoms with van der Waals surface area (Å²) >= 11 is 1.07. The number of hydrogen-bond acceptors (Lipinski definition) is 4. The van der Waals surface area contributed by atoms with Gasteiger partial charge in [-0.25, -0.2) is 18.6 Å². The van der Waals surface area contributed by atoms with Gasteiger partial charge in [0.2, 0.25) is 5.91 Å². The number of aromatic nitrogens is 2. The van der Waals surface area contributed by atoms with Crippen molar-refractivity contribution in [3.8, 4) is 0 Å². The van der Waals surface area contributed by atoms with E-state index in [0.717, 1.165) is 49.6 Å². The number of carbonyl (C=O) groups is 2. The topological polar surface area (TPSA) is 86.9 Å². The number of amides is 3. The predicted octanol–water partition coefficient (Wildman–Crippen LogP) is 3.48. The minimum atomic E-state index is -0.981. The number of H-pyrrole nitrogens is 1. The summed E-state index contributed by atoms with van der Waals surface area (Å²) in [6, 6.07) is 1.63. The number of benzene rings is 1. The Morgan fingerprint density at radius 1 is 1.23 bits per heavy atom. The second-order valence-electron chi connectivity index (χ2n) is 6.38. The quantitative estimate of drug-likeness (QED) is 0.707. The molecule has 3 rings (SSSR count). The lowest BCUT2D eigenvalue weighted by Gasteiger charge is -2.22. The molecule has 0 radical (unpaired) electrons. The summed E-state index contributed by atoms with van der Waals surface area (Å²) in [7, 11) is 0. The van der Waals surface area contributed by atoms with Crippen LogP contribution in [0.5, 0.6) is 0 Å². The highest BCUT2D eigenvalue weighted by Crippen LogP contribution is 2.25. The lowest BCUT2D eigenvalue weighted by Crippen LogP contribution is -2.47. The Hall–Kier alpha value is -2.16. The number of fused-ring (bicyclic) bond motifs is 1. The summed E-state index contributed by atoms with van der Waals surface area (Å²) in [5.41, 5.74) is 0.614. The first-order valence-electron chi connectivity index (χ1n) is 8.55. The SMILES string of the molecule is CC(Sc1nc2cc(F)c(F)cc2[nH]1)C(=O)NC(=O)NC1CCCCC1. The fraction of sp³-hybridized carbons (Fsp3) is 0.471. The molecule has 2 aromatic rings. The molecular formula is C17H20F2N4O2S. The number of thioether (sulfide) groups is 1. The van der Waals surface area contributed by atoms with E-state index in [1.807, 2.05) is 0 Å². The highest BCUT2D eigenvalue weighted by molar-refractivity contribution is 8.00. The third kappa shape index (κ3) is 4.51. The predicted molar refractivity (Wildman–Crippen MR) is 94.9 cm³/mol. The Kier molecular flexibility index (Phi) is 5.75. The summed E-state index contributed by atoms with van der Waals surface area (Å²) < 4.78 is 26.5. The van der Waals surface area contributed by atoms with Crippen molar-refractivity contribution in [2.45, 2.75) is 55.5 Å². The standard InChI is InChI=1S/C17H20F2N4O2S/c1-9(15(24)23-16(25)20-10-5-3-2-4-6-10)26-17-21-13-7-11(18)12(19)8-14(13)22-17/h7-10H,2-6H2,1H3,(H,21,22)(H2,20,23,24,25). The number of imide groups is 1. The minimum Gasteiger partial charge on any atom is -0.335 e. The average molecular weight is 382 g/mol. The van der Waals surface area contributed by atoms with E-state index in [-0.39, 0.29) is 11.6 Å². The molecule has 1 aromatic heterocycles. The molecule has 0 spiro atoms. The van der Waals surface area contributed by atoms with E-state index in [0.29, 0.717) is 10.7 Å². The zero-order chi connectivity index (χ0) is 18.7. The number of urea groups is 1. The van der Waals surface area contributed by atoms with Crippen LogP contribution in [0.3, 0.4) is 0 Å². The summed E-state index contributed by atoms with van der Waals surface area (Å²) in [6.45, 7) is 1.63. The number of halogens is 2. The van der Waals surface area contributed by atoms with E-state index in [4.69, 9.17) is 0 Å². The molecule has 0 aliphatic heterocycles.